The van der Waals surface area contributed by atoms with Crippen molar-refractivity contribution < 1.29 is 18.3 Å². The van der Waals surface area contributed by atoms with Crippen molar-refractivity contribution in [2.24, 2.45) is 5.41 Å². The average Bonchev–Trinajstić information content (AvgIpc) is 3.24. The molecule has 0 amide bonds. The Morgan fingerprint density at radius 1 is 1.14 bits per heavy atom. The van der Waals surface area contributed by atoms with E-state index in [1.807, 2.05) is 30.2 Å². The highest BCUT2D eigenvalue weighted by molar-refractivity contribution is 5.54. The summed E-state index contributed by atoms with van der Waals surface area (Å²) >= 11 is 0. The number of aromatic nitrogens is 5. The Kier molecular flexibility index (Phi) is 4.77. The number of hydrogen-bond donors (Lipinski definition) is 0. The quantitative estimate of drug-likeness (QED) is 0.533. The number of hydrogen-bond acceptors (Lipinski definition) is 6. The van der Waals surface area contributed by atoms with Gasteiger partial charge in [0.05, 0.1) is 42.9 Å². The molecule has 36 heavy (non-hydrogen) atoms. The van der Waals surface area contributed by atoms with Crippen molar-refractivity contribution in [3.63, 3.8) is 0 Å². The Hall–Kier alpha value is -2.72. The SMILES string of the molecule is Cc1nc2c(C34CC(C(F)F)(C3)C4)nc([C@@H]3CCO[C@H](c4cnn(C5COC5)c4)C3)cn2c(=O)c1C. The predicted molar refractivity (Wildman–Crippen MR) is 125 cm³/mol. The first-order chi connectivity index (χ1) is 17.3. The Labute approximate surface area is 206 Å². The summed E-state index contributed by atoms with van der Waals surface area (Å²) < 4.78 is 42.2. The second kappa shape index (κ2) is 7.64. The number of rotatable bonds is 5. The number of aryl methyl sites for hydroxylation is 1. The van der Waals surface area contributed by atoms with E-state index in [4.69, 9.17) is 19.4 Å². The van der Waals surface area contributed by atoms with Crippen LogP contribution in [0.4, 0.5) is 8.78 Å². The van der Waals surface area contributed by atoms with Crippen LogP contribution in [-0.4, -0.2) is 50.4 Å². The lowest BCUT2D eigenvalue weighted by molar-refractivity contribution is -0.222. The minimum absolute atomic E-state index is 0.0761. The molecule has 0 spiro atoms. The fraction of sp³-hybridized carbons (Fsp3) is 0.615. The molecule has 2 saturated heterocycles. The van der Waals surface area contributed by atoms with Gasteiger partial charge in [-0.1, -0.05) is 0 Å². The number of nitrogens with zero attached hydrogens (tertiary/aromatic N) is 5. The largest absolute Gasteiger partial charge is 0.377 e. The molecule has 0 radical (unpaired) electrons. The molecule has 2 bridgehead atoms. The summed E-state index contributed by atoms with van der Waals surface area (Å²) in [6.45, 7) is 5.52. The van der Waals surface area contributed by atoms with E-state index in [0.717, 1.165) is 17.7 Å². The second-order valence-electron chi connectivity index (χ2n) is 11.3. The molecule has 0 unspecified atom stereocenters. The Bertz CT molecular complexity index is 1410. The van der Waals surface area contributed by atoms with E-state index in [1.54, 1.807) is 11.3 Å². The van der Waals surface area contributed by atoms with Crippen molar-refractivity contribution in [2.75, 3.05) is 19.8 Å². The topological polar surface area (TPSA) is 83.5 Å². The molecule has 0 N–H and O–H groups in total. The summed E-state index contributed by atoms with van der Waals surface area (Å²) in [5.74, 6) is 0.0761. The molecular weight excluding hydrogens is 468 g/mol. The first-order valence-corrected chi connectivity index (χ1v) is 12.7. The van der Waals surface area contributed by atoms with E-state index >= 15 is 0 Å². The van der Waals surface area contributed by atoms with Gasteiger partial charge >= 0.3 is 0 Å². The Morgan fingerprint density at radius 2 is 1.92 bits per heavy atom. The van der Waals surface area contributed by atoms with Gasteiger partial charge in [0.25, 0.3) is 5.56 Å². The molecule has 8 nitrogen and oxygen atoms in total. The minimum atomic E-state index is -2.32. The van der Waals surface area contributed by atoms with Crippen molar-refractivity contribution in [1.82, 2.24) is 24.1 Å². The third kappa shape index (κ3) is 3.09. The van der Waals surface area contributed by atoms with Crippen LogP contribution in [0.1, 0.15) is 78.4 Å². The molecule has 3 aromatic rings. The molecule has 190 valence electrons. The maximum atomic E-state index is 13.6. The lowest BCUT2D eigenvalue weighted by Crippen LogP contribution is -2.68. The number of alkyl halides is 2. The fourth-order valence-corrected chi connectivity index (χ4v) is 6.65. The molecule has 5 aliphatic rings. The fourth-order valence-electron chi connectivity index (χ4n) is 6.65. The van der Waals surface area contributed by atoms with E-state index < -0.39 is 17.3 Å². The summed E-state index contributed by atoms with van der Waals surface area (Å²) in [4.78, 5) is 23.1. The summed E-state index contributed by atoms with van der Waals surface area (Å²) in [7, 11) is 0. The normalized spacial score (nSPS) is 31.8. The van der Waals surface area contributed by atoms with Crippen LogP contribution in [0.3, 0.4) is 0 Å². The summed E-state index contributed by atoms with van der Waals surface area (Å²) in [5, 5.41) is 4.50. The van der Waals surface area contributed by atoms with Crippen LogP contribution < -0.4 is 5.56 Å². The van der Waals surface area contributed by atoms with Crippen LogP contribution in [-0.2, 0) is 14.9 Å². The average molecular weight is 498 g/mol. The maximum Gasteiger partial charge on any atom is 0.261 e. The number of halogens is 2. The maximum absolute atomic E-state index is 13.6. The van der Waals surface area contributed by atoms with Crippen LogP contribution >= 0.6 is 0 Å². The third-order valence-corrected chi connectivity index (χ3v) is 9.02. The smallest absolute Gasteiger partial charge is 0.261 e. The van der Waals surface area contributed by atoms with E-state index in [2.05, 4.69) is 5.10 Å². The van der Waals surface area contributed by atoms with Crippen LogP contribution in [0.2, 0.25) is 0 Å². The van der Waals surface area contributed by atoms with Gasteiger partial charge in [0.15, 0.2) is 5.65 Å². The van der Waals surface area contributed by atoms with Gasteiger partial charge in [-0.15, -0.1) is 0 Å². The van der Waals surface area contributed by atoms with Crippen molar-refractivity contribution in [2.45, 2.75) is 75.9 Å². The first-order valence-electron chi connectivity index (χ1n) is 12.7. The van der Waals surface area contributed by atoms with Crippen molar-refractivity contribution in [3.8, 4) is 0 Å². The van der Waals surface area contributed by atoms with E-state index in [9.17, 15) is 13.6 Å². The van der Waals surface area contributed by atoms with Crippen LogP contribution in [0.25, 0.3) is 5.65 Å². The lowest BCUT2D eigenvalue weighted by Gasteiger charge is -2.69. The zero-order valence-corrected chi connectivity index (χ0v) is 20.4. The van der Waals surface area contributed by atoms with Gasteiger partial charge in [-0.05, 0) is 46.0 Å². The monoisotopic (exact) mass is 497 g/mol. The molecule has 5 fully saturated rings. The first kappa shape index (κ1) is 22.5. The molecule has 10 heteroatoms. The highest BCUT2D eigenvalue weighted by Crippen LogP contribution is 2.75. The van der Waals surface area contributed by atoms with Crippen molar-refractivity contribution in [3.05, 3.63) is 57.2 Å². The van der Waals surface area contributed by atoms with Crippen LogP contribution in [0.5, 0.6) is 0 Å². The zero-order valence-electron chi connectivity index (χ0n) is 20.4. The van der Waals surface area contributed by atoms with Crippen molar-refractivity contribution >= 4 is 5.65 Å². The van der Waals surface area contributed by atoms with Gasteiger partial charge in [0, 0.05) is 52.6 Å². The Morgan fingerprint density at radius 3 is 2.61 bits per heavy atom. The summed E-state index contributed by atoms with van der Waals surface area (Å²) in [6.07, 6.45) is 5.99. The standard InChI is InChI=1S/C26H29F2N5O3/c1-14-15(2)30-22-21(25-11-26(12-25,13-25)24(27)28)31-19(8-32(22)23(14)34)16-3-4-36-20(5-16)17-6-29-33(7-17)18-9-35-10-18/h6-8,16,18,20,24H,3-5,9-13H2,1-2H3/t16-,20+,25?,26?/m1/s1. The Balaban J connectivity index is 1.25. The molecule has 3 aromatic heterocycles. The van der Waals surface area contributed by atoms with Gasteiger partial charge < -0.3 is 9.47 Å². The van der Waals surface area contributed by atoms with Crippen LogP contribution in [0, 0.1) is 19.3 Å². The van der Waals surface area contributed by atoms with Crippen molar-refractivity contribution in [1.29, 1.82) is 0 Å². The second-order valence-corrected chi connectivity index (χ2v) is 11.3. The highest BCUT2D eigenvalue weighted by atomic mass is 19.3. The van der Waals surface area contributed by atoms with E-state index in [0.29, 0.717) is 68.1 Å². The molecule has 0 aromatic carbocycles. The molecule has 8 rings (SSSR count). The van der Waals surface area contributed by atoms with Crippen LogP contribution in [0.15, 0.2) is 23.4 Å². The predicted octanol–water partition coefficient (Wildman–Crippen LogP) is 3.80. The van der Waals surface area contributed by atoms with E-state index in [1.165, 1.54) is 0 Å². The molecular formula is C26H29F2N5O3. The van der Waals surface area contributed by atoms with Gasteiger partial charge in [-0.3, -0.25) is 18.9 Å². The number of ether oxygens (including phenoxy) is 2. The highest BCUT2D eigenvalue weighted by Gasteiger charge is 2.73. The van der Waals surface area contributed by atoms with Gasteiger partial charge in [0.2, 0.25) is 6.43 Å². The third-order valence-electron chi connectivity index (χ3n) is 9.02. The molecule has 3 aliphatic carbocycles. The minimum Gasteiger partial charge on any atom is -0.377 e. The molecule has 5 heterocycles. The van der Waals surface area contributed by atoms with Gasteiger partial charge in [0.1, 0.15) is 0 Å². The zero-order chi connectivity index (χ0) is 24.8. The van der Waals surface area contributed by atoms with Gasteiger partial charge in [-0.25, -0.2) is 13.8 Å². The summed E-state index contributed by atoms with van der Waals surface area (Å²) in [5.41, 5.74) is 2.90. The van der Waals surface area contributed by atoms with E-state index in [-0.39, 0.29) is 23.6 Å². The molecule has 2 aliphatic heterocycles. The number of fused-ring (bicyclic) bond motifs is 1. The van der Waals surface area contributed by atoms with Gasteiger partial charge in [-0.2, -0.15) is 5.10 Å². The molecule has 3 saturated carbocycles. The summed E-state index contributed by atoms with van der Waals surface area (Å²) in [6, 6.07) is 0.276. The lowest BCUT2D eigenvalue weighted by atomic mass is 9.34. The molecule has 2 atom stereocenters.